The van der Waals surface area contributed by atoms with E-state index < -0.39 is 0 Å². The van der Waals surface area contributed by atoms with Gasteiger partial charge in [0.2, 0.25) is 5.91 Å². The molecule has 1 N–H and O–H groups in total. The second kappa shape index (κ2) is 9.13. The Morgan fingerprint density at radius 3 is 2.56 bits per heavy atom. The molecule has 1 spiro atoms. The lowest BCUT2D eigenvalue weighted by atomic mass is 9.77. The molecule has 1 aromatic carbocycles. The van der Waals surface area contributed by atoms with E-state index in [0.29, 0.717) is 48.1 Å². The van der Waals surface area contributed by atoms with Crippen molar-refractivity contribution in [1.82, 2.24) is 15.1 Å². The number of ether oxygens (including phenoxy) is 1. The number of thiophene rings is 1. The molecule has 0 unspecified atom stereocenters. The molecular weight excluding hydrogens is 454 g/mol. The normalized spacial score (nSPS) is 17.3. The van der Waals surface area contributed by atoms with Gasteiger partial charge in [-0.1, -0.05) is 18.2 Å². The van der Waals surface area contributed by atoms with Gasteiger partial charge in [0, 0.05) is 31.6 Å². The highest BCUT2D eigenvalue weighted by Gasteiger charge is 2.43. The number of furan rings is 1. The molecule has 0 aliphatic carbocycles. The summed E-state index contributed by atoms with van der Waals surface area (Å²) in [6, 6.07) is 10.9. The molecule has 9 heteroatoms. The molecule has 2 saturated heterocycles. The molecule has 0 saturated carbocycles. The van der Waals surface area contributed by atoms with Crippen LogP contribution in [0.15, 0.2) is 46.2 Å². The second-order valence-electron chi connectivity index (χ2n) is 9.01. The molecular formula is C25H27N3O5S. The standard InChI is InChI=1S/C25H27N3O5S/c1-32-18-5-2-4-17-14-19(33-22(17)18)24(31)27-10-7-25(8-11-27)9-12-28(16-25)21(29)15-26-23(30)20-6-3-13-34-20/h2-6,13-14H,7-12,15-16H2,1H3,(H,26,30). The average Bonchev–Trinajstić information content (AvgIpc) is 3.62. The van der Waals surface area contributed by atoms with Crippen LogP contribution in [-0.2, 0) is 4.79 Å². The molecule has 34 heavy (non-hydrogen) atoms. The Morgan fingerprint density at radius 1 is 1.09 bits per heavy atom. The summed E-state index contributed by atoms with van der Waals surface area (Å²) in [4.78, 5) is 42.1. The first-order valence-corrected chi connectivity index (χ1v) is 12.3. The van der Waals surface area contributed by atoms with Gasteiger partial charge >= 0.3 is 0 Å². The second-order valence-corrected chi connectivity index (χ2v) is 9.95. The quantitative estimate of drug-likeness (QED) is 0.603. The van der Waals surface area contributed by atoms with Crippen molar-refractivity contribution >= 4 is 40.0 Å². The van der Waals surface area contributed by atoms with Gasteiger partial charge in [0.25, 0.3) is 11.8 Å². The van der Waals surface area contributed by atoms with Gasteiger partial charge < -0.3 is 24.3 Å². The van der Waals surface area contributed by atoms with Crippen molar-refractivity contribution in [1.29, 1.82) is 0 Å². The highest BCUT2D eigenvalue weighted by Crippen LogP contribution is 2.41. The average molecular weight is 482 g/mol. The van der Waals surface area contributed by atoms with Crippen LogP contribution < -0.4 is 10.1 Å². The number of piperidine rings is 1. The number of methoxy groups -OCH3 is 1. The fourth-order valence-electron chi connectivity index (χ4n) is 4.96. The summed E-state index contributed by atoms with van der Waals surface area (Å²) in [5.74, 6) is 0.538. The summed E-state index contributed by atoms with van der Waals surface area (Å²) in [6.07, 6.45) is 2.60. The zero-order valence-electron chi connectivity index (χ0n) is 19.0. The molecule has 8 nitrogen and oxygen atoms in total. The first kappa shape index (κ1) is 22.5. The Bertz CT molecular complexity index is 1210. The van der Waals surface area contributed by atoms with Gasteiger partial charge in [0.15, 0.2) is 17.1 Å². The number of likely N-dealkylation sites (tertiary alicyclic amines) is 2. The van der Waals surface area contributed by atoms with Crippen molar-refractivity contribution in [3.63, 3.8) is 0 Å². The van der Waals surface area contributed by atoms with Crippen LogP contribution in [-0.4, -0.2) is 67.4 Å². The van der Waals surface area contributed by atoms with Crippen LogP contribution in [0.1, 0.15) is 39.5 Å². The van der Waals surface area contributed by atoms with Gasteiger partial charge in [-0.05, 0) is 48.3 Å². The van der Waals surface area contributed by atoms with Gasteiger partial charge in [-0.15, -0.1) is 11.3 Å². The van der Waals surface area contributed by atoms with E-state index in [1.165, 1.54) is 11.3 Å². The molecule has 2 fully saturated rings. The molecule has 2 aliphatic rings. The predicted octanol–water partition coefficient (Wildman–Crippen LogP) is 3.39. The van der Waals surface area contributed by atoms with E-state index in [1.54, 1.807) is 19.2 Å². The van der Waals surface area contributed by atoms with Crippen LogP contribution in [0.5, 0.6) is 5.75 Å². The number of carbonyl (C=O) groups is 3. The number of carbonyl (C=O) groups excluding carboxylic acids is 3. The highest BCUT2D eigenvalue weighted by molar-refractivity contribution is 7.12. The van der Waals surface area contributed by atoms with Crippen molar-refractivity contribution in [2.24, 2.45) is 5.41 Å². The highest BCUT2D eigenvalue weighted by atomic mass is 32.1. The Labute approximate surface area is 201 Å². The number of amides is 3. The monoisotopic (exact) mass is 481 g/mol. The van der Waals surface area contributed by atoms with Crippen molar-refractivity contribution in [2.75, 3.05) is 39.8 Å². The molecule has 0 bridgehead atoms. The molecule has 2 aromatic heterocycles. The maximum atomic E-state index is 13.1. The van der Waals surface area contributed by atoms with E-state index in [2.05, 4.69) is 5.32 Å². The molecule has 178 valence electrons. The maximum Gasteiger partial charge on any atom is 0.289 e. The van der Waals surface area contributed by atoms with Gasteiger partial charge in [0.05, 0.1) is 18.5 Å². The van der Waals surface area contributed by atoms with E-state index in [1.807, 2.05) is 39.4 Å². The molecule has 0 radical (unpaired) electrons. The minimum absolute atomic E-state index is 0.00688. The summed E-state index contributed by atoms with van der Waals surface area (Å²) in [6.45, 7) is 2.62. The number of benzene rings is 1. The minimum Gasteiger partial charge on any atom is -0.493 e. The summed E-state index contributed by atoms with van der Waals surface area (Å²) < 4.78 is 11.2. The van der Waals surface area contributed by atoms with Crippen LogP contribution in [0.3, 0.4) is 0 Å². The SMILES string of the molecule is COc1cccc2cc(C(=O)N3CCC4(CCN(C(=O)CNC(=O)c5cccs5)C4)CC3)oc12. The Kier molecular flexibility index (Phi) is 6.03. The van der Waals surface area contributed by atoms with Crippen LogP contribution in [0.25, 0.3) is 11.0 Å². The Hall–Kier alpha value is -3.33. The van der Waals surface area contributed by atoms with E-state index in [4.69, 9.17) is 9.15 Å². The molecule has 4 heterocycles. The smallest absolute Gasteiger partial charge is 0.289 e. The minimum atomic E-state index is -0.215. The van der Waals surface area contributed by atoms with Crippen molar-refractivity contribution in [3.05, 3.63) is 52.4 Å². The number of nitrogens with one attached hydrogen (secondary N) is 1. The van der Waals surface area contributed by atoms with Crippen LogP contribution in [0.2, 0.25) is 0 Å². The molecule has 5 rings (SSSR count). The Morgan fingerprint density at radius 2 is 1.85 bits per heavy atom. The van der Waals surface area contributed by atoms with Crippen molar-refractivity contribution < 1.29 is 23.5 Å². The van der Waals surface area contributed by atoms with E-state index in [9.17, 15) is 14.4 Å². The maximum absolute atomic E-state index is 13.1. The van der Waals surface area contributed by atoms with Crippen molar-refractivity contribution in [3.8, 4) is 5.75 Å². The lowest BCUT2D eigenvalue weighted by Gasteiger charge is -2.39. The zero-order valence-corrected chi connectivity index (χ0v) is 19.9. The summed E-state index contributed by atoms with van der Waals surface area (Å²) in [7, 11) is 1.58. The van der Waals surface area contributed by atoms with Crippen molar-refractivity contribution in [2.45, 2.75) is 19.3 Å². The predicted molar refractivity (Wildman–Crippen MR) is 128 cm³/mol. The summed E-state index contributed by atoms with van der Waals surface area (Å²) in [5, 5.41) is 5.40. The van der Waals surface area contributed by atoms with E-state index >= 15 is 0 Å². The number of para-hydroxylation sites is 1. The first-order chi connectivity index (χ1) is 16.5. The first-order valence-electron chi connectivity index (χ1n) is 11.4. The van der Waals surface area contributed by atoms with Gasteiger partial charge in [-0.25, -0.2) is 0 Å². The number of fused-ring (bicyclic) bond motifs is 1. The number of hydrogen-bond acceptors (Lipinski definition) is 6. The lowest BCUT2D eigenvalue weighted by molar-refractivity contribution is -0.129. The third-order valence-corrected chi connectivity index (χ3v) is 7.85. The van der Waals surface area contributed by atoms with Crippen LogP contribution in [0.4, 0.5) is 0 Å². The molecule has 3 aromatic rings. The van der Waals surface area contributed by atoms with Crippen LogP contribution >= 0.6 is 11.3 Å². The van der Waals surface area contributed by atoms with Gasteiger partial charge in [-0.3, -0.25) is 14.4 Å². The fourth-order valence-corrected chi connectivity index (χ4v) is 5.60. The molecule has 2 aliphatic heterocycles. The van der Waals surface area contributed by atoms with E-state index in [0.717, 1.165) is 24.6 Å². The van der Waals surface area contributed by atoms with E-state index in [-0.39, 0.29) is 29.7 Å². The lowest BCUT2D eigenvalue weighted by Crippen LogP contribution is -2.45. The van der Waals surface area contributed by atoms with Gasteiger partial charge in [0.1, 0.15) is 0 Å². The fraction of sp³-hybridized carbons (Fsp3) is 0.400. The largest absolute Gasteiger partial charge is 0.493 e. The summed E-state index contributed by atoms with van der Waals surface area (Å²) in [5.41, 5.74) is 0.610. The molecule has 0 atom stereocenters. The zero-order chi connectivity index (χ0) is 23.7. The third-order valence-electron chi connectivity index (χ3n) is 6.99. The molecule has 3 amide bonds. The number of nitrogens with zero attached hydrogens (tertiary/aromatic N) is 2. The third kappa shape index (κ3) is 4.27. The topological polar surface area (TPSA) is 92.1 Å². The van der Waals surface area contributed by atoms with Gasteiger partial charge in [-0.2, -0.15) is 0 Å². The summed E-state index contributed by atoms with van der Waals surface area (Å²) >= 11 is 1.35. The number of rotatable bonds is 5. The van der Waals surface area contributed by atoms with Crippen LogP contribution in [0, 0.1) is 5.41 Å². The Balaban J connectivity index is 1.15. The number of hydrogen-bond donors (Lipinski definition) is 1.